The molecule has 6 nitrogen and oxygen atoms in total. The minimum absolute atomic E-state index is 0.356. The summed E-state index contributed by atoms with van der Waals surface area (Å²) in [7, 11) is 1.57. The second-order valence-electron chi connectivity index (χ2n) is 3.95. The van der Waals surface area contributed by atoms with Crippen LogP contribution in [0.5, 0.6) is 5.88 Å². The number of hydrogen-bond acceptors (Lipinski definition) is 6. The van der Waals surface area contributed by atoms with E-state index in [1.807, 2.05) is 6.07 Å². The normalized spacial score (nSPS) is 11.8. The van der Waals surface area contributed by atoms with Gasteiger partial charge in [-0.3, -0.25) is 0 Å². The van der Waals surface area contributed by atoms with Crippen LogP contribution in [0.25, 0.3) is 0 Å². The van der Waals surface area contributed by atoms with Crippen molar-refractivity contribution in [2.75, 3.05) is 7.11 Å². The number of nitrogens with zero attached hydrogens (tertiary/aromatic N) is 3. The fourth-order valence-corrected chi connectivity index (χ4v) is 1.52. The van der Waals surface area contributed by atoms with E-state index in [1.54, 1.807) is 19.4 Å². The van der Waals surface area contributed by atoms with Gasteiger partial charge in [0.15, 0.2) is 5.82 Å². The average Bonchev–Trinajstić information content (AvgIpc) is 2.88. The van der Waals surface area contributed by atoms with Gasteiger partial charge < -0.3 is 15.0 Å². The molecule has 2 rings (SSSR count). The van der Waals surface area contributed by atoms with Crippen LogP contribution in [0.15, 0.2) is 22.9 Å². The highest BCUT2D eigenvalue weighted by molar-refractivity contribution is 5.20. The van der Waals surface area contributed by atoms with E-state index in [4.69, 9.17) is 21.4 Å². The maximum absolute atomic E-state index is 5.78. The second kappa shape index (κ2) is 5.98. The molecule has 2 heterocycles. The van der Waals surface area contributed by atoms with E-state index < -0.39 is 6.04 Å². The lowest BCUT2D eigenvalue weighted by atomic mass is 10.2. The summed E-state index contributed by atoms with van der Waals surface area (Å²) in [6.07, 6.45) is 7.77. The molecule has 0 amide bonds. The number of ether oxygens (including phenoxy) is 1. The van der Waals surface area contributed by atoms with Gasteiger partial charge in [-0.1, -0.05) is 11.2 Å². The third-order valence-corrected chi connectivity index (χ3v) is 2.51. The Morgan fingerprint density at radius 3 is 3.00 bits per heavy atom. The lowest BCUT2D eigenvalue weighted by Gasteiger charge is -2.00. The number of methoxy groups -OCH3 is 1. The van der Waals surface area contributed by atoms with Crippen LogP contribution in [-0.4, -0.2) is 22.2 Å². The molecule has 0 saturated heterocycles. The molecule has 0 aliphatic heterocycles. The number of hydrogen-bond donors (Lipinski definition) is 1. The summed E-state index contributed by atoms with van der Waals surface area (Å²) < 4.78 is 10.1. The third-order valence-electron chi connectivity index (χ3n) is 2.51. The Morgan fingerprint density at radius 1 is 1.53 bits per heavy atom. The maximum atomic E-state index is 5.78. The number of rotatable bonds is 5. The molecule has 98 valence electrons. The fourth-order valence-electron chi connectivity index (χ4n) is 1.52. The molecule has 1 unspecified atom stereocenters. The van der Waals surface area contributed by atoms with Gasteiger partial charge in [0, 0.05) is 25.1 Å². The molecule has 0 aliphatic rings. The summed E-state index contributed by atoms with van der Waals surface area (Å²) in [5.41, 5.74) is 6.74. The minimum atomic E-state index is -0.416. The van der Waals surface area contributed by atoms with E-state index in [0.717, 1.165) is 5.56 Å². The van der Waals surface area contributed by atoms with Gasteiger partial charge in [-0.15, -0.1) is 12.3 Å². The molecule has 6 heteroatoms. The van der Waals surface area contributed by atoms with E-state index in [1.165, 1.54) is 0 Å². The topological polar surface area (TPSA) is 87.1 Å². The van der Waals surface area contributed by atoms with Gasteiger partial charge in [0.25, 0.3) is 0 Å². The van der Waals surface area contributed by atoms with Crippen molar-refractivity contribution >= 4 is 0 Å². The molecule has 0 fully saturated rings. The van der Waals surface area contributed by atoms with Gasteiger partial charge in [0.1, 0.15) is 0 Å². The summed E-state index contributed by atoms with van der Waals surface area (Å²) in [5, 5.41) is 3.86. The molecule has 0 aliphatic carbocycles. The maximum Gasteiger partial charge on any atom is 0.244 e. The molecule has 0 saturated carbocycles. The lowest BCUT2D eigenvalue weighted by molar-refractivity contribution is 0.353. The molecule has 2 N–H and O–H groups in total. The van der Waals surface area contributed by atoms with Crippen LogP contribution in [0.2, 0.25) is 0 Å². The van der Waals surface area contributed by atoms with Crippen LogP contribution >= 0.6 is 0 Å². The van der Waals surface area contributed by atoms with Crippen LogP contribution in [0.3, 0.4) is 0 Å². The molecule has 0 radical (unpaired) electrons. The summed E-state index contributed by atoms with van der Waals surface area (Å²) in [6.45, 7) is 0. The summed E-state index contributed by atoms with van der Waals surface area (Å²) in [5.74, 6) is 3.93. The molecule has 0 aromatic carbocycles. The predicted molar refractivity (Wildman–Crippen MR) is 68.3 cm³/mol. The molecule has 0 bridgehead atoms. The van der Waals surface area contributed by atoms with Gasteiger partial charge >= 0.3 is 0 Å². The summed E-state index contributed by atoms with van der Waals surface area (Å²) >= 11 is 0. The van der Waals surface area contributed by atoms with Crippen LogP contribution in [-0.2, 0) is 6.42 Å². The first kappa shape index (κ1) is 13.1. The zero-order chi connectivity index (χ0) is 13.7. The molecule has 19 heavy (non-hydrogen) atoms. The first-order valence-corrected chi connectivity index (χ1v) is 5.73. The summed E-state index contributed by atoms with van der Waals surface area (Å²) in [6, 6.07) is 3.25. The zero-order valence-corrected chi connectivity index (χ0v) is 10.5. The van der Waals surface area contributed by atoms with E-state index >= 15 is 0 Å². The zero-order valence-electron chi connectivity index (χ0n) is 10.5. The fraction of sp³-hybridized carbons (Fsp3) is 0.308. The van der Waals surface area contributed by atoms with Gasteiger partial charge in [-0.2, -0.15) is 4.98 Å². The van der Waals surface area contributed by atoms with Gasteiger partial charge in [0.05, 0.1) is 13.2 Å². The van der Waals surface area contributed by atoms with Crippen molar-refractivity contribution in [1.82, 2.24) is 15.1 Å². The van der Waals surface area contributed by atoms with Crippen molar-refractivity contribution in [3.63, 3.8) is 0 Å². The molecule has 0 spiro atoms. The Labute approximate surface area is 111 Å². The van der Waals surface area contributed by atoms with Crippen molar-refractivity contribution < 1.29 is 9.26 Å². The van der Waals surface area contributed by atoms with Crippen molar-refractivity contribution in [2.24, 2.45) is 5.73 Å². The molecule has 1 atom stereocenters. The number of aromatic nitrogens is 3. The van der Waals surface area contributed by atoms with E-state index in [9.17, 15) is 0 Å². The highest BCUT2D eigenvalue weighted by atomic mass is 16.5. The van der Waals surface area contributed by atoms with E-state index in [0.29, 0.717) is 30.4 Å². The van der Waals surface area contributed by atoms with Crippen molar-refractivity contribution in [2.45, 2.75) is 18.9 Å². The smallest absolute Gasteiger partial charge is 0.244 e. The monoisotopic (exact) mass is 258 g/mol. The van der Waals surface area contributed by atoms with Crippen LogP contribution in [0.4, 0.5) is 0 Å². The van der Waals surface area contributed by atoms with Crippen LogP contribution < -0.4 is 10.5 Å². The first-order valence-electron chi connectivity index (χ1n) is 5.73. The Kier molecular flexibility index (Phi) is 4.11. The van der Waals surface area contributed by atoms with Crippen molar-refractivity contribution in [3.05, 3.63) is 35.6 Å². The second-order valence-corrected chi connectivity index (χ2v) is 3.95. The first-order chi connectivity index (χ1) is 9.22. The van der Waals surface area contributed by atoms with Crippen LogP contribution in [0, 0.1) is 12.3 Å². The number of terminal acetylenes is 1. The van der Waals surface area contributed by atoms with Crippen LogP contribution in [0.1, 0.15) is 29.7 Å². The molecule has 2 aromatic heterocycles. The highest BCUT2D eigenvalue weighted by Crippen LogP contribution is 2.14. The Hall–Kier alpha value is -2.39. The quantitative estimate of drug-likeness (QED) is 0.808. The lowest BCUT2D eigenvalue weighted by Crippen LogP contribution is -2.09. The van der Waals surface area contributed by atoms with Gasteiger partial charge in [0.2, 0.25) is 11.8 Å². The minimum Gasteiger partial charge on any atom is -0.481 e. The number of pyridine rings is 1. The third kappa shape index (κ3) is 3.30. The Balaban J connectivity index is 2.05. The molecular weight excluding hydrogens is 244 g/mol. The van der Waals surface area contributed by atoms with E-state index in [-0.39, 0.29) is 0 Å². The highest BCUT2D eigenvalue weighted by Gasteiger charge is 2.14. The van der Waals surface area contributed by atoms with Crippen molar-refractivity contribution in [1.29, 1.82) is 0 Å². The van der Waals surface area contributed by atoms with Crippen molar-refractivity contribution in [3.8, 4) is 18.2 Å². The average molecular weight is 258 g/mol. The standard InChI is InChI=1S/C13H14N4O2/c1-3-4-10(14)13-16-11(17-19-13)7-9-5-6-12(18-2)15-8-9/h1,5-6,8,10H,4,7,14H2,2H3. The number of nitrogens with two attached hydrogens (primary N) is 1. The Morgan fingerprint density at radius 2 is 2.37 bits per heavy atom. The molecule has 2 aromatic rings. The van der Waals surface area contributed by atoms with E-state index in [2.05, 4.69) is 21.0 Å². The molecular formula is C13H14N4O2. The van der Waals surface area contributed by atoms with Gasteiger partial charge in [-0.25, -0.2) is 4.98 Å². The summed E-state index contributed by atoms with van der Waals surface area (Å²) in [4.78, 5) is 8.31. The van der Waals surface area contributed by atoms with Gasteiger partial charge in [-0.05, 0) is 5.56 Å². The SMILES string of the molecule is C#CCC(N)c1nc(Cc2ccc(OC)nc2)no1. The predicted octanol–water partition coefficient (Wildman–Crippen LogP) is 1.09. The largest absolute Gasteiger partial charge is 0.481 e. The Bertz CT molecular complexity index is 571.